The molecule has 0 aromatic heterocycles. The number of hydrogen-bond donors (Lipinski definition) is 1. The van der Waals surface area contributed by atoms with E-state index in [-0.39, 0.29) is 11.5 Å². The summed E-state index contributed by atoms with van der Waals surface area (Å²) < 4.78 is 5.73. The minimum absolute atomic E-state index is 0.0532. The molecule has 4 heteroatoms. The smallest absolute Gasteiger partial charge is 0.202 e. The molecule has 1 aromatic carbocycles. The highest BCUT2D eigenvalue weighted by Crippen LogP contribution is 2.44. The van der Waals surface area contributed by atoms with Crippen molar-refractivity contribution in [2.75, 3.05) is 13.2 Å². The first kappa shape index (κ1) is 14.8. The molecule has 4 nitrogen and oxygen atoms in total. The molecule has 0 amide bonds. The second-order valence-corrected chi connectivity index (χ2v) is 6.31. The molecular weight excluding hydrogens is 278 g/mol. The maximum atomic E-state index is 12.2. The Morgan fingerprint density at radius 3 is 2.82 bits per heavy atom. The van der Waals surface area contributed by atoms with Crippen LogP contribution in [0.1, 0.15) is 42.6 Å². The highest BCUT2D eigenvalue weighted by Gasteiger charge is 2.48. The molecule has 1 aromatic rings. The third-order valence-corrected chi connectivity index (χ3v) is 4.40. The average molecular weight is 299 g/mol. The SMILES string of the molecule is CC(C)CCC1(C2=NCCO2)C(O)=CC(=O)c2ccccc21. The molecule has 0 saturated carbocycles. The predicted molar refractivity (Wildman–Crippen MR) is 85.5 cm³/mol. The van der Waals surface area contributed by atoms with E-state index in [1.54, 1.807) is 6.07 Å². The van der Waals surface area contributed by atoms with E-state index in [2.05, 4.69) is 18.8 Å². The van der Waals surface area contributed by atoms with Crippen molar-refractivity contribution in [2.45, 2.75) is 32.1 Å². The second-order valence-electron chi connectivity index (χ2n) is 6.31. The lowest BCUT2D eigenvalue weighted by Crippen LogP contribution is -2.42. The molecule has 3 rings (SSSR count). The molecule has 0 spiro atoms. The fourth-order valence-electron chi connectivity index (χ4n) is 3.23. The summed E-state index contributed by atoms with van der Waals surface area (Å²) in [7, 11) is 0. The lowest BCUT2D eigenvalue weighted by atomic mass is 9.68. The Bertz CT molecular complexity index is 660. The van der Waals surface area contributed by atoms with Gasteiger partial charge >= 0.3 is 0 Å². The highest BCUT2D eigenvalue weighted by atomic mass is 16.5. The Morgan fingerprint density at radius 2 is 2.14 bits per heavy atom. The van der Waals surface area contributed by atoms with Gasteiger partial charge in [-0.3, -0.25) is 9.79 Å². The maximum Gasteiger partial charge on any atom is 0.202 e. The number of carbonyl (C=O) groups is 1. The molecule has 0 fully saturated rings. The average Bonchev–Trinajstić information content (AvgIpc) is 3.02. The van der Waals surface area contributed by atoms with Crippen molar-refractivity contribution in [1.29, 1.82) is 0 Å². The van der Waals surface area contributed by atoms with Crippen LogP contribution in [0.4, 0.5) is 0 Å². The Labute approximate surface area is 130 Å². The van der Waals surface area contributed by atoms with E-state index in [9.17, 15) is 9.90 Å². The number of allylic oxidation sites excluding steroid dienone is 1. The van der Waals surface area contributed by atoms with E-state index in [1.807, 2.05) is 18.2 Å². The predicted octanol–water partition coefficient (Wildman–Crippen LogP) is 3.43. The van der Waals surface area contributed by atoms with Gasteiger partial charge in [-0.1, -0.05) is 38.1 Å². The summed E-state index contributed by atoms with van der Waals surface area (Å²) in [5.41, 5.74) is 0.620. The quantitative estimate of drug-likeness (QED) is 0.926. The monoisotopic (exact) mass is 299 g/mol. The van der Waals surface area contributed by atoms with Crippen molar-refractivity contribution < 1.29 is 14.6 Å². The third kappa shape index (κ3) is 2.23. The molecule has 22 heavy (non-hydrogen) atoms. The minimum atomic E-state index is -0.814. The van der Waals surface area contributed by atoms with Crippen LogP contribution in [-0.4, -0.2) is 29.9 Å². The van der Waals surface area contributed by atoms with Gasteiger partial charge in [-0.15, -0.1) is 0 Å². The summed E-state index contributed by atoms with van der Waals surface area (Å²) in [6.07, 6.45) is 2.91. The number of hydrogen-bond acceptors (Lipinski definition) is 4. The molecule has 1 atom stereocenters. The van der Waals surface area contributed by atoms with Gasteiger partial charge in [0.25, 0.3) is 0 Å². The molecule has 0 radical (unpaired) electrons. The van der Waals surface area contributed by atoms with Crippen molar-refractivity contribution in [1.82, 2.24) is 0 Å². The Balaban J connectivity index is 2.18. The van der Waals surface area contributed by atoms with Gasteiger partial charge in [0, 0.05) is 11.6 Å². The zero-order chi connectivity index (χ0) is 15.7. The lowest BCUT2D eigenvalue weighted by Gasteiger charge is -2.36. The Morgan fingerprint density at radius 1 is 1.36 bits per heavy atom. The number of ether oxygens (including phenoxy) is 1. The van der Waals surface area contributed by atoms with E-state index in [0.29, 0.717) is 37.0 Å². The first-order valence-electron chi connectivity index (χ1n) is 7.78. The van der Waals surface area contributed by atoms with Crippen molar-refractivity contribution in [3.05, 3.63) is 47.2 Å². The molecule has 1 heterocycles. The lowest BCUT2D eigenvalue weighted by molar-refractivity contribution is 0.103. The van der Waals surface area contributed by atoms with Crippen LogP contribution < -0.4 is 0 Å². The number of aliphatic hydroxyl groups excluding tert-OH is 1. The topological polar surface area (TPSA) is 58.9 Å². The summed E-state index contributed by atoms with van der Waals surface area (Å²) in [6, 6.07) is 7.45. The van der Waals surface area contributed by atoms with Crippen LogP contribution >= 0.6 is 0 Å². The summed E-state index contributed by atoms with van der Waals surface area (Å²) >= 11 is 0. The molecule has 2 aliphatic rings. The molecular formula is C18H21NO3. The fraction of sp³-hybridized carbons (Fsp3) is 0.444. The van der Waals surface area contributed by atoms with Crippen molar-refractivity contribution >= 4 is 11.7 Å². The van der Waals surface area contributed by atoms with Crippen LogP contribution in [0, 0.1) is 5.92 Å². The Hall–Kier alpha value is -2.10. The minimum Gasteiger partial charge on any atom is -0.511 e. The van der Waals surface area contributed by atoms with Crippen molar-refractivity contribution in [3.8, 4) is 0 Å². The van der Waals surface area contributed by atoms with Crippen LogP contribution in [0.2, 0.25) is 0 Å². The van der Waals surface area contributed by atoms with Gasteiger partial charge in [0.1, 0.15) is 17.8 Å². The first-order chi connectivity index (χ1) is 10.6. The zero-order valence-corrected chi connectivity index (χ0v) is 13.0. The number of benzene rings is 1. The first-order valence-corrected chi connectivity index (χ1v) is 7.78. The molecule has 116 valence electrons. The standard InChI is InChI=1S/C18H21NO3/c1-12(2)7-8-18(17-19-9-10-22-17)14-6-4-3-5-13(14)15(20)11-16(18)21/h3-6,11-12,21H,7-10H2,1-2H3. The number of nitrogens with zero attached hydrogens (tertiary/aromatic N) is 1. The molecule has 1 unspecified atom stereocenters. The zero-order valence-electron chi connectivity index (χ0n) is 13.0. The van der Waals surface area contributed by atoms with Gasteiger partial charge in [-0.2, -0.15) is 0 Å². The molecule has 1 aliphatic carbocycles. The van der Waals surface area contributed by atoms with E-state index < -0.39 is 5.41 Å². The van der Waals surface area contributed by atoms with Gasteiger partial charge in [0.05, 0.1) is 6.54 Å². The van der Waals surface area contributed by atoms with E-state index in [0.717, 1.165) is 12.0 Å². The summed E-state index contributed by atoms with van der Waals surface area (Å²) in [5.74, 6) is 0.919. The summed E-state index contributed by atoms with van der Waals surface area (Å²) in [6.45, 7) is 5.42. The van der Waals surface area contributed by atoms with Crippen LogP contribution in [-0.2, 0) is 10.2 Å². The molecule has 1 N–H and O–H groups in total. The largest absolute Gasteiger partial charge is 0.511 e. The normalized spacial score (nSPS) is 23.9. The van der Waals surface area contributed by atoms with Gasteiger partial charge in [-0.25, -0.2) is 0 Å². The van der Waals surface area contributed by atoms with E-state index in [1.165, 1.54) is 6.08 Å². The van der Waals surface area contributed by atoms with E-state index in [4.69, 9.17) is 4.74 Å². The number of rotatable bonds is 4. The number of carbonyl (C=O) groups excluding carboxylic acids is 1. The third-order valence-electron chi connectivity index (χ3n) is 4.40. The van der Waals surface area contributed by atoms with Gasteiger partial charge in [-0.05, 0) is 24.3 Å². The van der Waals surface area contributed by atoms with Crippen LogP contribution in [0.3, 0.4) is 0 Å². The van der Waals surface area contributed by atoms with Crippen LogP contribution in [0.15, 0.2) is 41.1 Å². The fourth-order valence-corrected chi connectivity index (χ4v) is 3.23. The molecule has 0 bridgehead atoms. The molecule has 1 aliphatic heterocycles. The molecule has 0 saturated heterocycles. The number of aliphatic hydroxyl groups is 1. The highest BCUT2D eigenvalue weighted by molar-refractivity contribution is 6.11. The van der Waals surface area contributed by atoms with Crippen molar-refractivity contribution in [3.63, 3.8) is 0 Å². The van der Waals surface area contributed by atoms with Crippen LogP contribution in [0.25, 0.3) is 0 Å². The van der Waals surface area contributed by atoms with Gasteiger partial charge < -0.3 is 9.84 Å². The van der Waals surface area contributed by atoms with Gasteiger partial charge in [0.15, 0.2) is 5.78 Å². The van der Waals surface area contributed by atoms with Crippen LogP contribution in [0.5, 0.6) is 0 Å². The Kier molecular flexibility index (Phi) is 3.77. The van der Waals surface area contributed by atoms with Gasteiger partial charge in [0.2, 0.25) is 5.90 Å². The number of ketones is 1. The second kappa shape index (κ2) is 5.59. The number of fused-ring (bicyclic) bond motifs is 1. The van der Waals surface area contributed by atoms with E-state index >= 15 is 0 Å². The maximum absolute atomic E-state index is 12.2. The van der Waals surface area contributed by atoms with Crippen molar-refractivity contribution in [2.24, 2.45) is 10.9 Å². The number of aliphatic imine (C=N–C) groups is 1. The summed E-state index contributed by atoms with van der Waals surface area (Å²) in [4.78, 5) is 16.7. The summed E-state index contributed by atoms with van der Waals surface area (Å²) in [5, 5.41) is 10.7.